The van der Waals surface area contributed by atoms with E-state index in [0.717, 1.165) is 11.3 Å². The number of anilines is 2. The highest BCUT2D eigenvalue weighted by molar-refractivity contribution is 6.35. The van der Waals surface area contributed by atoms with Crippen LogP contribution >= 0.6 is 23.2 Å². The van der Waals surface area contributed by atoms with E-state index < -0.39 is 0 Å². The number of hydrogen-bond acceptors (Lipinski definition) is 4. The van der Waals surface area contributed by atoms with Crippen LogP contribution in [0.25, 0.3) is 0 Å². The molecule has 0 aromatic heterocycles. The van der Waals surface area contributed by atoms with E-state index in [4.69, 9.17) is 32.7 Å². The highest BCUT2D eigenvalue weighted by atomic mass is 35.5. The zero-order valence-corrected chi connectivity index (χ0v) is 15.1. The minimum absolute atomic E-state index is 0.0686. The van der Waals surface area contributed by atoms with Crippen molar-refractivity contribution >= 4 is 40.5 Å². The van der Waals surface area contributed by atoms with E-state index in [2.05, 4.69) is 10.6 Å². The number of rotatable bonds is 6. The molecule has 2 rings (SSSR count). The van der Waals surface area contributed by atoms with Crippen LogP contribution in [0.15, 0.2) is 30.3 Å². The van der Waals surface area contributed by atoms with E-state index in [9.17, 15) is 4.79 Å². The molecule has 0 aliphatic heterocycles. The van der Waals surface area contributed by atoms with Crippen LogP contribution in [0.2, 0.25) is 10.0 Å². The van der Waals surface area contributed by atoms with Gasteiger partial charge in [0.2, 0.25) is 5.91 Å². The minimum Gasteiger partial charge on any atom is -0.493 e. The number of benzene rings is 2. The first-order chi connectivity index (χ1) is 11.4. The lowest BCUT2D eigenvalue weighted by Crippen LogP contribution is -2.22. The number of carbonyl (C=O) groups is 1. The number of aryl methyl sites for hydroxylation is 1. The molecule has 0 bridgehead atoms. The first-order valence-electron chi connectivity index (χ1n) is 7.16. The Balaban J connectivity index is 2.05. The average molecular weight is 369 g/mol. The van der Waals surface area contributed by atoms with Gasteiger partial charge in [0.05, 0.1) is 31.5 Å². The van der Waals surface area contributed by atoms with Crippen molar-refractivity contribution in [3.8, 4) is 11.5 Å². The van der Waals surface area contributed by atoms with Gasteiger partial charge in [0.1, 0.15) is 0 Å². The molecule has 0 heterocycles. The smallest absolute Gasteiger partial charge is 0.243 e. The third kappa shape index (κ3) is 4.46. The molecule has 0 atom stereocenters. The maximum absolute atomic E-state index is 12.1. The molecular formula is C17H18Cl2N2O3. The summed E-state index contributed by atoms with van der Waals surface area (Å²) in [4.78, 5) is 12.1. The highest BCUT2D eigenvalue weighted by Gasteiger charge is 2.11. The van der Waals surface area contributed by atoms with Gasteiger partial charge in [-0.25, -0.2) is 0 Å². The molecule has 0 aliphatic rings. The summed E-state index contributed by atoms with van der Waals surface area (Å²) < 4.78 is 10.5. The lowest BCUT2D eigenvalue weighted by atomic mass is 10.1. The zero-order chi connectivity index (χ0) is 17.7. The van der Waals surface area contributed by atoms with Crippen molar-refractivity contribution in [2.75, 3.05) is 31.4 Å². The molecule has 2 aromatic carbocycles. The van der Waals surface area contributed by atoms with Crippen molar-refractivity contribution < 1.29 is 14.3 Å². The molecule has 2 aromatic rings. The lowest BCUT2D eigenvalue weighted by Gasteiger charge is -2.14. The van der Waals surface area contributed by atoms with Gasteiger partial charge in [-0.05, 0) is 36.8 Å². The molecule has 0 saturated heterocycles. The van der Waals surface area contributed by atoms with Crippen LogP contribution in [0.3, 0.4) is 0 Å². The fourth-order valence-electron chi connectivity index (χ4n) is 2.13. The van der Waals surface area contributed by atoms with Crippen molar-refractivity contribution in [2.24, 2.45) is 0 Å². The summed E-state index contributed by atoms with van der Waals surface area (Å²) in [6, 6.07) is 8.51. The molecule has 128 valence electrons. The van der Waals surface area contributed by atoms with Gasteiger partial charge in [0, 0.05) is 16.8 Å². The largest absolute Gasteiger partial charge is 0.493 e. The summed E-state index contributed by atoms with van der Waals surface area (Å²) >= 11 is 11.9. The molecule has 0 fully saturated rings. The average Bonchev–Trinajstić information content (AvgIpc) is 2.56. The quantitative estimate of drug-likeness (QED) is 0.794. The van der Waals surface area contributed by atoms with E-state index in [1.165, 1.54) is 0 Å². The van der Waals surface area contributed by atoms with Gasteiger partial charge in [-0.1, -0.05) is 23.2 Å². The number of hydrogen-bond donors (Lipinski definition) is 2. The second kappa shape index (κ2) is 8.13. The van der Waals surface area contributed by atoms with Crippen molar-refractivity contribution in [3.05, 3.63) is 45.9 Å². The summed E-state index contributed by atoms with van der Waals surface area (Å²) in [5.74, 6) is 0.980. The summed E-state index contributed by atoms with van der Waals surface area (Å²) in [6.45, 7) is 1.98. The summed E-state index contributed by atoms with van der Waals surface area (Å²) in [7, 11) is 3.14. The van der Waals surface area contributed by atoms with Gasteiger partial charge in [-0.2, -0.15) is 0 Å². The van der Waals surface area contributed by atoms with Gasteiger partial charge >= 0.3 is 0 Å². The van der Waals surface area contributed by atoms with E-state index >= 15 is 0 Å². The number of ether oxygens (including phenoxy) is 2. The van der Waals surface area contributed by atoms with Crippen LogP contribution in [0.4, 0.5) is 11.4 Å². The van der Waals surface area contributed by atoms with E-state index in [1.54, 1.807) is 38.5 Å². The maximum Gasteiger partial charge on any atom is 0.243 e. The molecule has 1 amide bonds. The van der Waals surface area contributed by atoms with E-state index in [-0.39, 0.29) is 12.5 Å². The lowest BCUT2D eigenvalue weighted by molar-refractivity contribution is -0.114. The second-order valence-electron chi connectivity index (χ2n) is 5.05. The highest BCUT2D eigenvalue weighted by Crippen LogP contribution is 2.32. The Morgan fingerprint density at radius 2 is 1.71 bits per heavy atom. The van der Waals surface area contributed by atoms with Crippen LogP contribution in [0, 0.1) is 6.92 Å². The number of methoxy groups -OCH3 is 2. The second-order valence-corrected chi connectivity index (χ2v) is 5.89. The van der Waals surface area contributed by atoms with Crippen molar-refractivity contribution in [2.45, 2.75) is 6.92 Å². The number of carbonyl (C=O) groups excluding carboxylic acids is 1. The predicted molar refractivity (Wildman–Crippen MR) is 97.9 cm³/mol. The normalized spacial score (nSPS) is 10.2. The Morgan fingerprint density at radius 3 is 2.38 bits per heavy atom. The Morgan fingerprint density at radius 1 is 1.04 bits per heavy atom. The maximum atomic E-state index is 12.1. The van der Waals surface area contributed by atoms with Crippen LogP contribution < -0.4 is 20.1 Å². The Bertz CT molecular complexity index is 751. The molecular weight excluding hydrogens is 351 g/mol. The van der Waals surface area contributed by atoms with Gasteiger partial charge in [-0.15, -0.1) is 0 Å². The SMILES string of the molecule is COc1cc(C)c(NCC(=O)Nc2cc(Cl)ccc2Cl)cc1OC. The molecule has 0 saturated carbocycles. The molecule has 5 nitrogen and oxygen atoms in total. The topological polar surface area (TPSA) is 59.6 Å². The van der Waals surface area contributed by atoms with E-state index in [1.807, 2.05) is 13.0 Å². The minimum atomic E-state index is -0.242. The molecule has 0 unspecified atom stereocenters. The molecule has 7 heteroatoms. The van der Waals surface area contributed by atoms with Gasteiger partial charge < -0.3 is 20.1 Å². The fraction of sp³-hybridized carbons (Fsp3) is 0.235. The van der Waals surface area contributed by atoms with Gasteiger partial charge in [0.15, 0.2) is 11.5 Å². The standard InChI is InChI=1S/C17H18Cl2N2O3/c1-10-6-15(23-2)16(24-3)8-13(10)20-9-17(22)21-14-7-11(18)4-5-12(14)19/h4-8,20H,9H2,1-3H3,(H,21,22). The Hall–Kier alpha value is -2.11. The summed E-state index contributed by atoms with van der Waals surface area (Å²) in [5.41, 5.74) is 2.18. The van der Waals surface area contributed by atoms with Crippen LogP contribution in [0.5, 0.6) is 11.5 Å². The molecule has 24 heavy (non-hydrogen) atoms. The molecule has 0 spiro atoms. The monoisotopic (exact) mass is 368 g/mol. The summed E-state index contributed by atoms with van der Waals surface area (Å²) in [6.07, 6.45) is 0. The van der Waals surface area contributed by atoms with E-state index in [0.29, 0.717) is 27.2 Å². The zero-order valence-electron chi connectivity index (χ0n) is 13.6. The van der Waals surface area contributed by atoms with Crippen LogP contribution in [-0.4, -0.2) is 26.7 Å². The van der Waals surface area contributed by atoms with Gasteiger partial charge in [0.25, 0.3) is 0 Å². The van der Waals surface area contributed by atoms with Crippen LogP contribution in [0.1, 0.15) is 5.56 Å². The molecule has 0 aliphatic carbocycles. The first-order valence-corrected chi connectivity index (χ1v) is 7.91. The fourth-order valence-corrected chi connectivity index (χ4v) is 2.47. The third-order valence-corrected chi connectivity index (χ3v) is 3.94. The Kier molecular flexibility index (Phi) is 6.17. The number of amides is 1. The molecule has 2 N–H and O–H groups in total. The van der Waals surface area contributed by atoms with Gasteiger partial charge in [-0.3, -0.25) is 4.79 Å². The summed E-state index contributed by atoms with van der Waals surface area (Å²) in [5, 5.41) is 6.71. The van der Waals surface area contributed by atoms with Crippen LogP contribution in [-0.2, 0) is 4.79 Å². The Labute approximate surface area is 150 Å². The van der Waals surface area contributed by atoms with Crippen molar-refractivity contribution in [1.29, 1.82) is 0 Å². The third-order valence-electron chi connectivity index (χ3n) is 3.37. The first kappa shape index (κ1) is 18.2. The number of halogens is 2. The predicted octanol–water partition coefficient (Wildman–Crippen LogP) is 4.37. The molecule has 0 radical (unpaired) electrons. The van der Waals surface area contributed by atoms with Crippen molar-refractivity contribution in [3.63, 3.8) is 0 Å². The van der Waals surface area contributed by atoms with Crippen molar-refractivity contribution in [1.82, 2.24) is 0 Å². The number of nitrogens with one attached hydrogen (secondary N) is 2.